The van der Waals surface area contributed by atoms with E-state index in [9.17, 15) is 0 Å². The van der Waals surface area contributed by atoms with Crippen molar-refractivity contribution >= 4 is 0 Å². The van der Waals surface area contributed by atoms with Crippen molar-refractivity contribution in [3.63, 3.8) is 0 Å². The highest BCUT2D eigenvalue weighted by Crippen LogP contribution is 2.81. The zero-order valence-corrected chi connectivity index (χ0v) is 42.9. The van der Waals surface area contributed by atoms with Gasteiger partial charge in [0.05, 0.1) is 6.10 Å². The molecule has 2 heterocycles. The van der Waals surface area contributed by atoms with Crippen molar-refractivity contribution in [3.8, 4) is 0 Å². The second-order valence-electron chi connectivity index (χ2n) is 27.6. The van der Waals surface area contributed by atoms with Crippen LogP contribution in [-0.2, 0) is 9.47 Å². The van der Waals surface area contributed by atoms with Gasteiger partial charge in [0, 0.05) is 17.8 Å². The molecule has 0 radical (unpaired) electrons. The van der Waals surface area contributed by atoms with Crippen molar-refractivity contribution in [2.75, 3.05) is 0 Å². The second-order valence-corrected chi connectivity index (χ2v) is 27.6. The minimum Gasteiger partial charge on any atom is -0.343 e. The maximum atomic E-state index is 7.98. The van der Waals surface area contributed by atoms with E-state index < -0.39 is 0 Å². The minimum atomic E-state index is -0.355. The molecule has 0 N–H and O–H groups in total. The van der Waals surface area contributed by atoms with E-state index in [1.165, 1.54) is 122 Å². The van der Waals surface area contributed by atoms with E-state index in [1.807, 2.05) is 5.57 Å². The Hall–Kier alpha value is -0.600. The summed E-state index contributed by atoms with van der Waals surface area (Å²) in [5.74, 6) is 11.5. The first-order valence-corrected chi connectivity index (χ1v) is 28.1. The molecule has 10 rings (SSSR count). The Bertz CT molecular complexity index is 1740. The molecule has 2 spiro atoms. The van der Waals surface area contributed by atoms with E-state index in [0.717, 1.165) is 71.5 Å². The van der Waals surface area contributed by atoms with Gasteiger partial charge in [-0.1, -0.05) is 133 Å². The molecule has 0 aromatic heterocycles. The Balaban J connectivity index is 0.932. The largest absolute Gasteiger partial charge is 0.343 e. The summed E-state index contributed by atoms with van der Waals surface area (Å²) in [5.41, 5.74) is 3.40. The van der Waals surface area contributed by atoms with Crippen LogP contribution >= 0.6 is 0 Å². The number of fused-ring (bicyclic) bond motifs is 9. The number of ether oxygens (including phenoxy) is 2. The van der Waals surface area contributed by atoms with Crippen LogP contribution in [-0.4, -0.2) is 17.5 Å². The minimum absolute atomic E-state index is 0.163. The summed E-state index contributed by atoms with van der Waals surface area (Å²) in [7, 11) is 0. The summed E-state index contributed by atoms with van der Waals surface area (Å²) in [5, 5.41) is 0. The summed E-state index contributed by atoms with van der Waals surface area (Å²) in [6.07, 6.45) is 36.2. The molecule has 2 nitrogen and oxygen atoms in total. The molecule has 21 atom stereocenters. The molecular formula is C60H98O2. The lowest BCUT2D eigenvalue weighted by Gasteiger charge is -2.72. The van der Waals surface area contributed by atoms with Crippen molar-refractivity contribution in [1.82, 2.24) is 0 Å². The number of hydrogen-bond acceptors (Lipinski definition) is 2. The van der Waals surface area contributed by atoms with Gasteiger partial charge in [0.2, 0.25) is 0 Å². The molecule has 8 fully saturated rings. The van der Waals surface area contributed by atoms with E-state index in [-0.39, 0.29) is 28.3 Å². The van der Waals surface area contributed by atoms with Crippen LogP contribution in [0.1, 0.15) is 218 Å². The van der Waals surface area contributed by atoms with Crippen LogP contribution < -0.4 is 0 Å². The summed E-state index contributed by atoms with van der Waals surface area (Å²) < 4.78 is 15.7. The molecule has 0 amide bonds. The van der Waals surface area contributed by atoms with E-state index in [2.05, 4.69) is 108 Å². The zero-order valence-electron chi connectivity index (χ0n) is 42.9. The molecule has 62 heavy (non-hydrogen) atoms. The zero-order chi connectivity index (χ0) is 44.0. The average Bonchev–Trinajstić information content (AvgIpc) is 3.86. The predicted molar refractivity (Wildman–Crippen MR) is 259 cm³/mol. The van der Waals surface area contributed by atoms with Gasteiger partial charge in [-0.2, -0.15) is 0 Å². The molecule has 8 aliphatic carbocycles. The van der Waals surface area contributed by atoms with Gasteiger partial charge >= 0.3 is 0 Å². The molecule has 2 heteroatoms. The van der Waals surface area contributed by atoms with Crippen LogP contribution in [0, 0.1) is 116 Å². The van der Waals surface area contributed by atoms with Crippen LogP contribution in [0.4, 0.5) is 0 Å². The lowest BCUT2D eigenvalue weighted by Crippen LogP contribution is -2.72. The Morgan fingerprint density at radius 1 is 0.613 bits per heavy atom. The van der Waals surface area contributed by atoms with Gasteiger partial charge in [-0.05, 0) is 208 Å². The van der Waals surface area contributed by atoms with Crippen LogP contribution in [0.5, 0.6) is 0 Å². The van der Waals surface area contributed by atoms with Gasteiger partial charge < -0.3 is 9.47 Å². The first-order chi connectivity index (χ1) is 29.4. The van der Waals surface area contributed by atoms with Crippen LogP contribution in [0.15, 0.2) is 23.8 Å². The third-order valence-corrected chi connectivity index (χ3v) is 25.4. The van der Waals surface area contributed by atoms with Gasteiger partial charge in [0.15, 0.2) is 5.79 Å². The fourth-order valence-electron chi connectivity index (χ4n) is 21.5. The molecule has 0 aromatic carbocycles. The quantitative estimate of drug-likeness (QED) is 0.182. The summed E-state index contributed by atoms with van der Waals surface area (Å²) in [6, 6.07) is 0. The molecule has 6 saturated carbocycles. The lowest BCUT2D eigenvalue weighted by molar-refractivity contribution is -0.343. The Kier molecular flexibility index (Phi) is 11.3. The van der Waals surface area contributed by atoms with Gasteiger partial charge in [0.25, 0.3) is 0 Å². The highest BCUT2D eigenvalue weighted by atomic mass is 16.8. The lowest BCUT2D eigenvalue weighted by atomic mass is 9.35. The number of allylic oxidation sites excluding steroid dienone is 4. The van der Waals surface area contributed by atoms with Crippen LogP contribution in [0.3, 0.4) is 0 Å². The molecule has 350 valence electrons. The van der Waals surface area contributed by atoms with E-state index in [0.29, 0.717) is 39.9 Å². The predicted octanol–water partition coefficient (Wildman–Crippen LogP) is 16.7. The van der Waals surface area contributed by atoms with Crippen molar-refractivity contribution < 1.29 is 9.47 Å². The summed E-state index contributed by atoms with van der Waals surface area (Å²) in [4.78, 5) is 0. The Labute approximate surface area is 383 Å². The molecular weight excluding hydrogens is 753 g/mol. The SMILES string of the molecule is CC[C@H](CC[C@@H](C)[C@@H]1CCC2C=C[C@H]3[C@@H](CCC4C5C[C@]67CCC8=CC9CC[C@H]([C@H](C)CC[C@H](CC)C(C)C)[C@@]9(C)C[C@@H]8[C@@]6(C)CC[C@@H]6O[C@@]5(CC[C@@]43C)O[C@@]67C)[C@]21C)C(C)C. The van der Waals surface area contributed by atoms with E-state index >= 15 is 0 Å². The molecule has 2 aliphatic heterocycles. The molecule has 10 aliphatic rings. The monoisotopic (exact) mass is 851 g/mol. The van der Waals surface area contributed by atoms with Gasteiger partial charge in [-0.15, -0.1) is 0 Å². The fraction of sp³-hybridized carbons (Fsp3) is 0.933. The molecule has 2 bridgehead atoms. The van der Waals surface area contributed by atoms with Crippen molar-refractivity contribution in [1.29, 1.82) is 0 Å². The molecule has 0 aromatic rings. The van der Waals surface area contributed by atoms with Crippen molar-refractivity contribution in [2.24, 2.45) is 116 Å². The highest BCUT2D eigenvalue weighted by molar-refractivity contribution is 5.34. The molecule has 2 saturated heterocycles. The summed E-state index contributed by atoms with van der Waals surface area (Å²) in [6.45, 7) is 34.0. The first kappa shape index (κ1) is 45.2. The van der Waals surface area contributed by atoms with Crippen molar-refractivity contribution in [2.45, 2.75) is 236 Å². The second kappa shape index (κ2) is 15.5. The maximum Gasteiger partial charge on any atom is 0.172 e. The van der Waals surface area contributed by atoms with E-state index in [4.69, 9.17) is 9.47 Å². The average molecular weight is 851 g/mol. The smallest absolute Gasteiger partial charge is 0.172 e. The standard InChI is InChI=1S/C60H98O2/c1-14-41(37(3)4)18-16-39(7)46-23-22-45-34-43-28-31-59-36-52-49-26-27-50-48(25-21-44-20-24-47(57(44,50)12)40(8)17-19-42(15-2)38(5)6)54(49,9)32-33-60(52)61-53(58(59,13)62-60)29-30-56(59,11)51(43)35-55(45,46)10/h21,25,34,37-42,44-53H,14-20,22-24,26-33,35-36H2,1-13H3/t39-,40-,41+,42-,44?,45?,46-,47+,48+,49?,50-,51+,52?,53+,54-,55+,56-,57-,58+,59-,60+/m1/s1. The first-order valence-electron chi connectivity index (χ1n) is 28.1. The van der Waals surface area contributed by atoms with Gasteiger partial charge in [-0.25, -0.2) is 0 Å². The highest BCUT2D eigenvalue weighted by Gasteiger charge is 2.81. The fourth-order valence-corrected chi connectivity index (χ4v) is 21.5. The van der Waals surface area contributed by atoms with Gasteiger partial charge in [0.1, 0.15) is 5.60 Å². The maximum absolute atomic E-state index is 7.98. The Morgan fingerprint density at radius 3 is 1.94 bits per heavy atom. The summed E-state index contributed by atoms with van der Waals surface area (Å²) >= 11 is 0. The Morgan fingerprint density at radius 2 is 1.26 bits per heavy atom. The molecule has 4 unspecified atom stereocenters. The normalized spacial score (nSPS) is 52.8. The number of rotatable bonds is 12. The topological polar surface area (TPSA) is 18.5 Å². The number of hydrogen-bond donors (Lipinski definition) is 0. The third-order valence-electron chi connectivity index (χ3n) is 25.4. The van der Waals surface area contributed by atoms with Crippen molar-refractivity contribution in [3.05, 3.63) is 23.8 Å². The van der Waals surface area contributed by atoms with Gasteiger partial charge in [-0.3, -0.25) is 0 Å². The third kappa shape index (κ3) is 6.02. The van der Waals surface area contributed by atoms with Crippen LogP contribution in [0.2, 0.25) is 0 Å². The van der Waals surface area contributed by atoms with E-state index in [1.54, 1.807) is 0 Å². The van der Waals surface area contributed by atoms with Crippen LogP contribution in [0.25, 0.3) is 0 Å².